The van der Waals surface area contributed by atoms with Gasteiger partial charge < -0.3 is 4.84 Å². The van der Waals surface area contributed by atoms with Gasteiger partial charge in [0, 0.05) is 0 Å². The molecule has 1 rings (SSSR count). The van der Waals surface area contributed by atoms with Crippen molar-refractivity contribution in [2.24, 2.45) is 0 Å². The standard InChI is InChI=1S/C4H3F3NO/c5-4(6,7)8-2-1-3-9-8/h1H,2H2. The third kappa shape index (κ3) is 1.35. The molecule has 0 saturated heterocycles. The van der Waals surface area contributed by atoms with Gasteiger partial charge in [-0.2, -0.15) is 13.2 Å². The topological polar surface area (TPSA) is 12.5 Å². The Balaban J connectivity index is 2.46. The highest BCUT2D eigenvalue weighted by atomic mass is 19.4. The third-order valence-corrected chi connectivity index (χ3v) is 0.786. The molecule has 0 unspecified atom stereocenters. The molecule has 51 valence electrons. The second-order valence-electron chi connectivity index (χ2n) is 1.44. The lowest BCUT2D eigenvalue weighted by molar-refractivity contribution is -0.344. The van der Waals surface area contributed by atoms with Gasteiger partial charge in [0.2, 0.25) is 0 Å². The third-order valence-electron chi connectivity index (χ3n) is 0.786. The summed E-state index contributed by atoms with van der Waals surface area (Å²) in [5.74, 6) is 0. The molecule has 0 aromatic carbocycles. The lowest BCUT2D eigenvalue weighted by Gasteiger charge is -2.15. The zero-order valence-electron chi connectivity index (χ0n) is 4.27. The molecule has 0 bridgehead atoms. The summed E-state index contributed by atoms with van der Waals surface area (Å²) in [6.45, 7) is -0.274. The summed E-state index contributed by atoms with van der Waals surface area (Å²) in [6, 6.07) is 0. The molecule has 1 aliphatic heterocycles. The van der Waals surface area contributed by atoms with E-state index >= 15 is 0 Å². The summed E-state index contributed by atoms with van der Waals surface area (Å²) in [7, 11) is 0. The van der Waals surface area contributed by atoms with Crippen molar-refractivity contribution in [3.63, 3.8) is 0 Å². The average Bonchev–Trinajstić information content (AvgIpc) is 2.08. The largest absolute Gasteiger partial charge is 0.492 e. The Morgan fingerprint density at radius 2 is 2.22 bits per heavy atom. The minimum Gasteiger partial charge on any atom is -0.394 e. The van der Waals surface area contributed by atoms with E-state index in [4.69, 9.17) is 0 Å². The number of halogens is 3. The summed E-state index contributed by atoms with van der Waals surface area (Å²) in [4.78, 5) is 3.92. The SMILES string of the molecule is FC(F)(F)N1CC=[C]O1. The molecule has 1 radical (unpaired) electrons. The van der Waals surface area contributed by atoms with Crippen LogP contribution < -0.4 is 0 Å². The second-order valence-corrected chi connectivity index (χ2v) is 1.44. The molecular weight excluding hydrogens is 135 g/mol. The minimum absolute atomic E-state index is 0.118. The molecule has 5 heteroatoms. The van der Waals surface area contributed by atoms with Crippen molar-refractivity contribution in [3.8, 4) is 0 Å². The fourth-order valence-corrected chi connectivity index (χ4v) is 0.414. The lowest BCUT2D eigenvalue weighted by Crippen LogP contribution is -2.34. The van der Waals surface area contributed by atoms with E-state index in [1.807, 2.05) is 6.26 Å². The van der Waals surface area contributed by atoms with Crippen LogP contribution in [0.4, 0.5) is 13.2 Å². The predicted molar refractivity (Wildman–Crippen MR) is 21.7 cm³/mol. The molecule has 0 aromatic heterocycles. The number of rotatable bonds is 0. The van der Waals surface area contributed by atoms with Gasteiger partial charge in [-0.1, -0.05) is 0 Å². The number of hydrogen-bond donors (Lipinski definition) is 0. The van der Waals surface area contributed by atoms with Crippen molar-refractivity contribution in [2.45, 2.75) is 6.30 Å². The van der Waals surface area contributed by atoms with E-state index in [0.29, 0.717) is 0 Å². The van der Waals surface area contributed by atoms with Crippen molar-refractivity contribution >= 4 is 0 Å². The first kappa shape index (κ1) is 6.41. The van der Waals surface area contributed by atoms with Crippen molar-refractivity contribution in [2.75, 3.05) is 6.54 Å². The van der Waals surface area contributed by atoms with Crippen LogP contribution in [0.3, 0.4) is 0 Å². The Kier molecular flexibility index (Phi) is 1.36. The van der Waals surface area contributed by atoms with Crippen molar-refractivity contribution in [3.05, 3.63) is 12.3 Å². The Morgan fingerprint density at radius 1 is 1.56 bits per heavy atom. The molecule has 0 N–H and O–H groups in total. The van der Waals surface area contributed by atoms with E-state index in [-0.39, 0.29) is 11.6 Å². The smallest absolute Gasteiger partial charge is 0.394 e. The van der Waals surface area contributed by atoms with E-state index in [9.17, 15) is 13.2 Å². The van der Waals surface area contributed by atoms with Gasteiger partial charge in [-0.25, -0.2) is 0 Å². The van der Waals surface area contributed by atoms with Gasteiger partial charge in [0.15, 0.2) is 6.26 Å². The maximum Gasteiger partial charge on any atom is 0.492 e. The van der Waals surface area contributed by atoms with Gasteiger partial charge in [0.05, 0.1) is 6.54 Å². The maximum atomic E-state index is 11.5. The van der Waals surface area contributed by atoms with Gasteiger partial charge in [-0.3, -0.25) is 0 Å². The Hall–Kier alpha value is -0.710. The fourth-order valence-electron chi connectivity index (χ4n) is 0.414. The zero-order chi connectivity index (χ0) is 6.91. The molecule has 0 spiro atoms. The van der Waals surface area contributed by atoms with Crippen LogP contribution in [-0.2, 0) is 4.84 Å². The minimum atomic E-state index is -4.40. The first-order valence-electron chi connectivity index (χ1n) is 2.19. The van der Waals surface area contributed by atoms with Gasteiger partial charge in [0.1, 0.15) is 0 Å². The molecule has 0 saturated carbocycles. The van der Waals surface area contributed by atoms with Gasteiger partial charge in [0.25, 0.3) is 0 Å². The Bertz CT molecular complexity index is 122. The van der Waals surface area contributed by atoms with Crippen molar-refractivity contribution < 1.29 is 18.0 Å². The number of hydrogen-bond acceptors (Lipinski definition) is 2. The number of alkyl halides is 3. The van der Waals surface area contributed by atoms with Gasteiger partial charge in [-0.05, 0) is 11.1 Å². The lowest BCUT2D eigenvalue weighted by atomic mass is 10.6. The first-order chi connectivity index (χ1) is 4.11. The second kappa shape index (κ2) is 1.91. The summed E-state index contributed by atoms with van der Waals surface area (Å²) in [5.41, 5.74) is 0. The maximum absolute atomic E-state index is 11.5. The summed E-state index contributed by atoms with van der Waals surface area (Å²) in [5, 5.41) is -0.118. The normalized spacial score (nSPS) is 20.3. The van der Waals surface area contributed by atoms with Crippen LogP contribution >= 0.6 is 0 Å². The van der Waals surface area contributed by atoms with Crippen LogP contribution in [0.25, 0.3) is 0 Å². The molecular formula is C4H3F3NO. The quantitative estimate of drug-likeness (QED) is 0.464. The summed E-state index contributed by atoms with van der Waals surface area (Å²) in [6.07, 6.45) is -1.28. The van der Waals surface area contributed by atoms with E-state index in [1.54, 1.807) is 0 Å². The van der Waals surface area contributed by atoms with Crippen LogP contribution in [-0.4, -0.2) is 17.9 Å². The Morgan fingerprint density at radius 3 is 2.44 bits per heavy atom. The zero-order valence-corrected chi connectivity index (χ0v) is 4.27. The van der Waals surface area contributed by atoms with Crippen LogP contribution in [0.5, 0.6) is 0 Å². The fraction of sp³-hybridized carbons (Fsp3) is 0.500. The van der Waals surface area contributed by atoms with Crippen molar-refractivity contribution in [1.29, 1.82) is 0 Å². The van der Waals surface area contributed by atoms with Crippen LogP contribution in [0.2, 0.25) is 0 Å². The predicted octanol–water partition coefficient (Wildman–Crippen LogP) is 1.07. The van der Waals surface area contributed by atoms with Crippen LogP contribution in [0.15, 0.2) is 6.08 Å². The average molecular weight is 138 g/mol. The van der Waals surface area contributed by atoms with Gasteiger partial charge >= 0.3 is 6.30 Å². The number of hydroxylamine groups is 2. The van der Waals surface area contributed by atoms with E-state index in [1.165, 1.54) is 0 Å². The van der Waals surface area contributed by atoms with Crippen LogP contribution in [0, 0.1) is 6.26 Å². The first-order valence-corrected chi connectivity index (χ1v) is 2.19. The van der Waals surface area contributed by atoms with E-state index in [0.717, 1.165) is 6.08 Å². The molecule has 0 amide bonds. The number of nitrogens with zero attached hydrogens (tertiary/aromatic N) is 1. The summed E-state index contributed by atoms with van der Waals surface area (Å²) >= 11 is 0. The highest BCUT2D eigenvalue weighted by Crippen LogP contribution is 2.23. The summed E-state index contributed by atoms with van der Waals surface area (Å²) < 4.78 is 34.5. The molecule has 1 heterocycles. The molecule has 9 heavy (non-hydrogen) atoms. The highest BCUT2D eigenvalue weighted by molar-refractivity contribution is 4.76. The molecule has 0 atom stereocenters. The Labute approximate surface area is 49.5 Å². The van der Waals surface area contributed by atoms with Gasteiger partial charge in [-0.15, -0.1) is 0 Å². The molecule has 0 aliphatic carbocycles. The monoisotopic (exact) mass is 138 g/mol. The van der Waals surface area contributed by atoms with E-state index < -0.39 is 6.30 Å². The van der Waals surface area contributed by atoms with Crippen molar-refractivity contribution in [1.82, 2.24) is 5.06 Å². The van der Waals surface area contributed by atoms with E-state index in [2.05, 4.69) is 4.84 Å². The molecule has 1 aliphatic rings. The highest BCUT2D eigenvalue weighted by Gasteiger charge is 2.40. The molecule has 0 aromatic rings. The molecule has 0 fully saturated rings. The van der Waals surface area contributed by atoms with Crippen LogP contribution in [0.1, 0.15) is 0 Å². The molecule has 2 nitrogen and oxygen atoms in total.